The lowest BCUT2D eigenvalue weighted by Gasteiger charge is -2.39. The molecular weight excluding hydrogens is 554 g/mol. The van der Waals surface area contributed by atoms with Crippen LogP contribution in [0.3, 0.4) is 0 Å². The third kappa shape index (κ3) is 7.21. The fourth-order valence-corrected chi connectivity index (χ4v) is 7.16. The summed E-state index contributed by atoms with van der Waals surface area (Å²) in [6, 6.07) is 23.6. The Morgan fingerprint density at radius 1 is 0.837 bits per heavy atom. The van der Waals surface area contributed by atoms with E-state index < -0.39 is 0 Å². The molecule has 8 nitrogen and oxygen atoms in total. The molecule has 2 N–H and O–H groups in total. The molecule has 3 saturated heterocycles. The van der Waals surface area contributed by atoms with Gasteiger partial charge in [-0.3, -0.25) is 0 Å². The predicted octanol–water partition coefficient (Wildman–Crippen LogP) is 5.32. The molecule has 0 radical (unpaired) electrons. The van der Waals surface area contributed by atoms with Crippen LogP contribution in [-0.4, -0.2) is 74.1 Å². The summed E-state index contributed by atoms with van der Waals surface area (Å²) < 4.78 is 5.73. The number of piperidine rings is 1. The van der Waals surface area contributed by atoms with Gasteiger partial charge in [0.25, 0.3) is 0 Å². The molecule has 2 atom stereocenters. The number of aromatic nitrogens is 2. The molecule has 4 heterocycles. The van der Waals surface area contributed by atoms with Crippen LogP contribution in [0.5, 0.6) is 0 Å². The molecule has 3 aliphatic rings. The predicted molar refractivity (Wildman–Crippen MR) is 180 cm³/mol. The van der Waals surface area contributed by atoms with Gasteiger partial charge in [-0.25, -0.2) is 0 Å². The van der Waals surface area contributed by atoms with Crippen LogP contribution in [0.15, 0.2) is 66.7 Å². The fraction of sp³-hybridized carbons (Fsp3) is 0.500. The van der Waals surface area contributed by atoms with Crippen LogP contribution in [0, 0.1) is 11.8 Å². The zero-order valence-electron chi connectivity index (χ0n) is 25.5. The number of hydrogen-bond acceptors (Lipinski definition) is 7. The van der Waals surface area contributed by atoms with E-state index in [1.165, 1.54) is 17.7 Å². The number of thiocarbonyl (C=S) groups is 1. The third-order valence-corrected chi connectivity index (χ3v) is 9.51. The van der Waals surface area contributed by atoms with Crippen LogP contribution in [-0.2, 0) is 10.2 Å². The second-order valence-electron chi connectivity index (χ2n) is 12.6. The van der Waals surface area contributed by atoms with Gasteiger partial charge in [-0.15, -0.1) is 0 Å². The Labute approximate surface area is 261 Å². The molecule has 0 amide bonds. The number of para-hydroxylation sites is 1. The van der Waals surface area contributed by atoms with Gasteiger partial charge in [-0.05, 0) is 61.0 Å². The lowest BCUT2D eigenvalue weighted by atomic mass is 9.74. The maximum absolute atomic E-state index is 5.84. The van der Waals surface area contributed by atoms with E-state index in [0.29, 0.717) is 22.9 Å². The Balaban J connectivity index is 1.19. The molecule has 0 bridgehead atoms. The minimum absolute atomic E-state index is 0.0162. The van der Waals surface area contributed by atoms with E-state index in [1.807, 2.05) is 0 Å². The van der Waals surface area contributed by atoms with Crippen molar-refractivity contribution >= 4 is 40.6 Å². The van der Waals surface area contributed by atoms with E-state index in [4.69, 9.17) is 26.9 Å². The van der Waals surface area contributed by atoms with Crippen molar-refractivity contribution < 1.29 is 4.74 Å². The number of benzene rings is 2. The highest BCUT2D eigenvalue weighted by molar-refractivity contribution is 7.80. The SMILES string of the molecule is C[C@H]1C[C@H](C)CN(c2cc(N3CCN(c4ccccc4)CC3)nc(NC(=S)NCC3(c4ccccc4)CCOCC3)n2)C1. The summed E-state index contributed by atoms with van der Waals surface area (Å²) in [5.41, 5.74) is 2.59. The average molecular weight is 600 g/mol. The highest BCUT2D eigenvalue weighted by Gasteiger charge is 2.34. The maximum atomic E-state index is 5.84. The number of rotatable bonds is 7. The molecule has 0 saturated carbocycles. The first-order chi connectivity index (χ1) is 21.0. The van der Waals surface area contributed by atoms with E-state index in [1.54, 1.807) is 0 Å². The standard InChI is InChI=1S/C34H45N7OS/c1-26-21-27(2)24-41(23-26)31-22-30(40-17-15-39(16-18-40)29-11-7-4-8-12-29)36-32(37-31)38-33(43)35-25-34(13-19-42-20-14-34)28-9-5-3-6-10-28/h3-12,22,26-27H,13-21,23-25H2,1-2H3,(H2,35,36,37,38,43)/t26-,27-/m0/s1. The monoisotopic (exact) mass is 599 g/mol. The van der Waals surface area contributed by atoms with E-state index in [-0.39, 0.29) is 5.41 Å². The molecule has 3 aliphatic heterocycles. The Morgan fingerprint density at radius 3 is 2.07 bits per heavy atom. The highest BCUT2D eigenvalue weighted by atomic mass is 32.1. The van der Waals surface area contributed by atoms with Crippen LogP contribution < -0.4 is 25.3 Å². The molecule has 6 rings (SSSR count). The quantitative estimate of drug-likeness (QED) is 0.351. The molecule has 43 heavy (non-hydrogen) atoms. The van der Waals surface area contributed by atoms with Gasteiger partial charge < -0.3 is 30.1 Å². The molecular formula is C34H45N7OS. The largest absolute Gasteiger partial charge is 0.381 e. The van der Waals surface area contributed by atoms with Crippen molar-refractivity contribution in [3.05, 3.63) is 72.3 Å². The van der Waals surface area contributed by atoms with Gasteiger partial charge in [-0.2, -0.15) is 9.97 Å². The molecule has 0 unspecified atom stereocenters. The highest BCUT2D eigenvalue weighted by Crippen LogP contribution is 2.34. The second kappa shape index (κ2) is 13.5. The van der Waals surface area contributed by atoms with E-state index in [2.05, 4.69) is 106 Å². The van der Waals surface area contributed by atoms with Gasteiger partial charge in [0.05, 0.1) is 0 Å². The van der Waals surface area contributed by atoms with Crippen molar-refractivity contribution in [2.75, 3.05) is 79.0 Å². The van der Waals surface area contributed by atoms with Crippen molar-refractivity contribution in [1.82, 2.24) is 15.3 Å². The van der Waals surface area contributed by atoms with E-state index in [9.17, 15) is 0 Å². The summed E-state index contributed by atoms with van der Waals surface area (Å²) in [6.07, 6.45) is 3.18. The van der Waals surface area contributed by atoms with Gasteiger partial charge in [0.2, 0.25) is 5.95 Å². The maximum Gasteiger partial charge on any atom is 0.232 e. The van der Waals surface area contributed by atoms with Crippen molar-refractivity contribution in [2.45, 2.75) is 38.5 Å². The number of ether oxygens (including phenoxy) is 1. The number of nitrogens with one attached hydrogen (secondary N) is 2. The minimum Gasteiger partial charge on any atom is -0.381 e. The smallest absolute Gasteiger partial charge is 0.232 e. The Hall–Kier alpha value is -3.43. The number of hydrogen-bond donors (Lipinski definition) is 2. The van der Waals surface area contributed by atoms with Gasteiger partial charge in [0, 0.05) is 76.2 Å². The summed E-state index contributed by atoms with van der Waals surface area (Å²) in [6.45, 7) is 12.7. The minimum atomic E-state index is -0.0162. The lowest BCUT2D eigenvalue weighted by molar-refractivity contribution is 0.0515. The molecule has 9 heteroatoms. The van der Waals surface area contributed by atoms with Crippen LogP contribution in [0.4, 0.5) is 23.3 Å². The van der Waals surface area contributed by atoms with Gasteiger partial charge >= 0.3 is 0 Å². The first-order valence-electron chi connectivity index (χ1n) is 15.8. The molecule has 3 fully saturated rings. The summed E-state index contributed by atoms with van der Waals surface area (Å²) in [4.78, 5) is 17.3. The van der Waals surface area contributed by atoms with Crippen LogP contribution in [0.2, 0.25) is 0 Å². The van der Waals surface area contributed by atoms with E-state index in [0.717, 1.165) is 83.5 Å². The normalized spacial score (nSPS) is 22.2. The number of piperazine rings is 1. The van der Waals surface area contributed by atoms with Gasteiger partial charge in [0.1, 0.15) is 11.6 Å². The van der Waals surface area contributed by atoms with Crippen LogP contribution >= 0.6 is 12.2 Å². The summed E-state index contributed by atoms with van der Waals surface area (Å²) >= 11 is 5.84. The van der Waals surface area contributed by atoms with Crippen molar-refractivity contribution in [3.8, 4) is 0 Å². The summed E-state index contributed by atoms with van der Waals surface area (Å²) in [5.74, 6) is 3.75. The second-order valence-corrected chi connectivity index (χ2v) is 13.0. The Morgan fingerprint density at radius 2 is 1.42 bits per heavy atom. The molecule has 3 aromatic rings. The van der Waals surface area contributed by atoms with Crippen molar-refractivity contribution in [1.29, 1.82) is 0 Å². The molecule has 228 valence electrons. The van der Waals surface area contributed by atoms with Crippen molar-refractivity contribution in [3.63, 3.8) is 0 Å². The number of nitrogens with zero attached hydrogens (tertiary/aromatic N) is 5. The topological polar surface area (TPSA) is 68.8 Å². The number of anilines is 4. The Kier molecular flexibility index (Phi) is 9.28. The first-order valence-corrected chi connectivity index (χ1v) is 16.3. The zero-order chi connectivity index (χ0) is 29.6. The first kappa shape index (κ1) is 29.6. The molecule has 1 aromatic heterocycles. The molecule has 2 aromatic carbocycles. The van der Waals surface area contributed by atoms with Crippen molar-refractivity contribution in [2.24, 2.45) is 11.8 Å². The van der Waals surface area contributed by atoms with Gasteiger partial charge in [0.15, 0.2) is 5.11 Å². The molecule has 0 aliphatic carbocycles. The lowest BCUT2D eigenvalue weighted by Crippen LogP contribution is -2.47. The average Bonchev–Trinajstić information content (AvgIpc) is 3.04. The van der Waals surface area contributed by atoms with Crippen LogP contribution in [0.25, 0.3) is 0 Å². The summed E-state index contributed by atoms with van der Waals surface area (Å²) in [5, 5.41) is 7.45. The Bertz CT molecular complexity index is 1330. The van der Waals surface area contributed by atoms with Gasteiger partial charge in [-0.1, -0.05) is 62.4 Å². The third-order valence-electron chi connectivity index (χ3n) is 9.27. The molecule has 0 spiro atoms. The van der Waals surface area contributed by atoms with Crippen LogP contribution in [0.1, 0.15) is 38.7 Å². The zero-order valence-corrected chi connectivity index (χ0v) is 26.4. The fourth-order valence-electron chi connectivity index (χ4n) is 7.00. The van der Waals surface area contributed by atoms with E-state index >= 15 is 0 Å². The summed E-state index contributed by atoms with van der Waals surface area (Å²) in [7, 11) is 0.